The minimum absolute atomic E-state index is 0.420. The molecule has 1 aromatic carbocycles. The molecule has 1 fully saturated rings. The molecule has 0 heterocycles. The summed E-state index contributed by atoms with van der Waals surface area (Å²) < 4.78 is 0. The molecule has 21 heavy (non-hydrogen) atoms. The average Bonchev–Trinajstić information content (AvgIpc) is 2.49. The molecule has 0 aromatic heterocycles. The normalized spacial score (nSPS) is 24.0. The zero-order chi connectivity index (χ0) is 15.2. The van der Waals surface area contributed by atoms with Crippen molar-refractivity contribution >= 4 is 11.6 Å². The van der Waals surface area contributed by atoms with Gasteiger partial charge in [0.25, 0.3) is 0 Å². The Hall–Kier alpha value is -0.530. The maximum atomic E-state index is 6.57. The Morgan fingerprint density at radius 2 is 2.00 bits per heavy atom. The molecule has 2 rings (SSSR count). The number of aryl methyl sites for hydroxylation is 1. The molecule has 1 nitrogen and oxygen atoms in total. The molecule has 1 aromatic rings. The Kier molecular flexibility index (Phi) is 6.57. The molecule has 1 saturated carbocycles. The van der Waals surface area contributed by atoms with E-state index >= 15 is 0 Å². The van der Waals surface area contributed by atoms with Crippen LogP contribution in [-0.4, -0.2) is 6.54 Å². The lowest BCUT2D eigenvalue weighted by molar-refractivity contribution is 0.175. The van der Waals surface area contributed by atoms with E-state index in [4.69, 9.17) is 11.6 Å². The summed E-state index contributed by atoms with van der Waals surface area (Å²) in [7, 11) is 0. The highest BCUT2D eigenvalue weighted by atomic mass is 35.5. The van der Waals surface area contributed by atoms with Crippen LogP contribution in [0.2, 0.25) is 5.02 Å². The van der Waals surface area contributed by atoms with Gasteiger partial charge in [-0.05, 0) is 55.3 Å². The number of hydrogen-bond acceptors (Lipinski definition) is 1. The van der Waals surface area contributed by atoms with Crippen LogP contribution in [0.4, 0.5) is 0 Å². The SMILES string of the molecule is CCCNC(c1ccc(C)cc1Cl)C1CCCCC1CC. The van der Waals surface area contributed by atoms with Crippen LogP contribution in [0, 0.1) is 18.8 Å². The lowest BCUT2D eigenvalue weighted by atomic mass is 9.72. The Morgan fingerprint density at radius 1 is 1.24 bits per heavy atom. The minimum Gasteiger partial charge on any atom is -0.310 e. The van der Waals surface area contributed by atoms with Gasteiger partial charge in [-0.1, -0.05) is 63.3 Å². The molecular weight excluding hydrogens is 278 g/mol. The molecule has 0 amide bonds. The quantitative estimate of drug-likeness (QED) is 0.689. The molecule has 118 valence electrons. The van der Waals surface area contributed by atoms with Crippen LogP contribution in [-0.2, 0) is 0 Å². The van der Waals surface area contributed by atoms with Gasteiger partial charge in [0.15, 0.2) is 0 Å². The third kappa shape index (κ3) is 4.23. The molecule has 1 aliphatic carbocycles. The fourth-order valence-electron chi connectivity index (χ4n) is 3.86. The van der Waals surface area contributed by atoms with Crippen LogP contribution in [0.5, 0.6) is 0 Å². The number of rotatable bonds is 6. The summed E-state index contributed by atoms with van der Waals surface area (Å²) >= 11 is 6.57. The van der Waals surface area contributed by atoms with E-state index in [-0.39, 0.29) is 0 Å². The monoisotopic (exact) mass is 307 g/mol. The Bertz CT molecular complexity index is 443. The van der Waals surface area contributed by atoms with Crippen molar-refractivity contribution < 1.29 is 0 Å². The number of nitrogens with one attached hydrogen (secondary N) is 1. The van der Waals surface area contributed by atoms with Gasteiger partial charge in [0.05, 0.1) is 0 Å². The van der Waals surface area contributed by atoms with Crippen molar-refractivity contribution in [3.8, 4) is 0 Å². The van der Waals surface area contributed by atoms with Gasteiger partial charge in [-0.3, -0.25) is 0 Å². The van der Waals surface area contributed by atoms with Gasteiger partial charge in [0.2, 0.25) is 0 Å². The third-order valence-electron chi connectivity index (χ3n) is 5.03. The lowest BCUT2D eigenvalue weighted by Gasteiger charge is -2.38. The van der Waals surface area contributed by atoms with Crippen LogP contribution >= 0.6 is 11.6 Å². The second kappa shape index (κ2) is 8.19. The first kappa shape index (κ1) is 16.8. The highest BCUT2D eigenvalue weighted by Gasteiger charge is 2.32. The first-order valence-corrected chi connectivity index (χ1v) is 9.04. The van der Waals surface area contributed by atoms with Gasteiger partial charge in [-0.25, -0.2) is 0 Å². The zero-order valence-corrected chi connectivity index (χ0v) is 14.5. The molecule has 0 spiro atoms. The van der Waals surface area contributed by atoms with Crippen molar-refractivity contribution in [2.24, 2.45) is 11.8 Å². The van der Waals surface area contributed by atoms with Crippen LogP contribution in [0.25, 0.3) is 0 Å². The predicted molar refractivity (Wildman–Crippen MR) is 93.0 cm³/mol. The van der Waals surface area contributed by atoms with Gasteiger partial charge in [0.1, 0.15) is 0 Å². The van der Waals surface area contributed by atoms with Crippen molar-refractivity contribution in [1.82, 2.24) is 5.32 Å². The van der Waals surface area contributed by atoms with Crippen LogP contribution in [0.1, 0.15) is 69.5 Å². The van der Waals surface area contributed by atoms with Crippen molar-refractivity contribution in [3.05, 3.63) is 34.3 Å². The minimum atomic E-state index is 0.420. The van der Waals surface area contributed by atoms with Gasteiger partial charge in [-0.2, -0.15) is 0 Å². The summed E-state index contributed by atoms with van der Waals surface area (Å²) in [5.41, 5.74) is 2.55. The van der Waals surface area contributed by atoms with Gasteiger partial charge < -0.3 is 5.32 Å². The highest BCUT2D eigenvalue weighted by molar-refractivity contribution is 6.31. The zero-order valence-electron chi connectivity index (χ0n) is 13.8. The van der Waals surface area contributed by atoms with Crippen molar-refractivity contribution in [2.45, 2.75) is 65.3 Å². The molecule has 3 atom stereocenters. The summed E-state index contributed by atoms with van der Waals surface area (Å²) in [5.74, 6) is 1.57. The fourth-order valence-corrected chi connectivity index (χ4v) is 4.21. The second-order valence-electron chi connectivity index (χ2n) is 6.57. The molecule has 2 heteroatoms. The molecular formula is C19H30ClN. The molecule has 1 N–H and O–H groups in total. The van der Waals surface area contributed by atoms with E-state index in [2.05, 4.69) is 44.3 Å². The first-order valence-electron chi connectivity index (χ1n) is 8.66. The van der Waals surface area contributed by atoms with E-state index in [9.17, 15) is 0 Å². The first-order chi connectivity index (χ1) is 10.2. The second-order valence-corrected chi connectivity index (χ2v) is 6.98. The molecule has 0 bridgehead atoms. The van der Waals surface area contributed by atoms with Crippen molar-refractivity contribution in [1.29, 1.82) is 0 Å². The standard InChI is InChI=1S/C19H30ClN/c1-4-12-21-19(16-9-7-6-8-15(16)5-2)17-11-10-14(3)13-18(17)20/h10-11,13,15-16,19,21H,4-9,12H2,1-3H3. The van der Waals surface area contributed by atoms with E-state index in [1.807, 2.05) is 0 Å². The number of hydrogen-bond donors (Lipinski definition) is 1. The maximum Gasteiger partial charge on any atom is 0.0456 e. The van der Waals surface area contributed by atoms with Crippen LogP contribution < -0.4 is 5.32 Å². The van der Waals surface area contributed by atoms with Gasteiger partial charge >= 0.3 is 0 Å². The largest absolute Gasteiger partial charge is 0.310 e. The van der Waals surface area contributed by atoms with E-state index in [0.29, 0.717) is 6.04 Å². The lowest BCUT2D eigenvalue weighted by Crippen LogP contribution is -2.35. The summed E-state index contributed by atoms with van der Waals surface area (Å²) in [5, 5.41) is 4.73. The summed E-state index contributed by atoms with van der Waals surface area (Å²) in [6, 6.07) is 6.97. The topological polar surface area (TPSA) is 12.0 Å². The third-order valence-corrected chi connectivity index (χ3v) is 5.35. The molecule has 3 unspecified atom stereocenters. The summed E-state index contributed by atoms with van der Waals surface area (Å²) in [6.45, 7) is 7.76. The highest BCUT2D eigenvalue weighted by Crippen LogP contribution is 2.42. The van der Waals surface area contributed by atoms with Crippen molar-refractivity contribution in [3.63, 3.8) is 0 Å². The van der Waals surface area contributed by atoms with Crippen LogP contribution in [0.15, 0.2) is 18.2 Å². The smallest absolute Gasteiger partial charge is 0.0456 e. The predicted octanol–water partition coefficient (Wildman–Crippen LogP) is 5.91. The van der Waals surface area contributed by atoms with Crippen LogP contribution in [0.3, 0.4) is 0 Å². The van der Waals surface area contributed by atoms with Crippen molar-refractivity contribution in [2.75, 3.05) is 6.54 Å². The van der Waals surface area contributed by atoms with Gasteiger partial charge in [0, 0.05) is 11.1 Å². The average molecular weight is 308 g/mol. The Balaban J connectivity index is 2.27. The molecule has 0 radical (unpaired) electrons. The Labute approximate surface area is 135 Å². The molecule has 0 aliphatic heterocycles. The number of benzene rings is 1. The van der Waals surface area contributed by atoms with E-state index in [1.54, 1.807) is 0 Å². The molecule has 0 saturated heterocycles. The van der Waals surface area contributed by atoms with Gasteiger partial charge in [-0.15, -0.1) is 0 Å². The maximum absolute atomic E-state index is 6.57. The fraction of sp³-hybridized carbons (Fsp3) is 0.684. The summed E-state index contributed by atoms with van der Waals surface area (Å²) in [6.07, 6.45) is 7.95. The summed E-state index contributed by atoms with van der Waals surface area (Å²) in [4.78, 5) is 0. The number of halogens is 1. The van der Waals surface area contributed by atoms with E-state index < -0.39 is 0 Å². The molecule has 1 aliphatic rings. The van der Waals surface area contributed by atoms with E-state index in [0.717, 1.165) is 23.4 Å². The Morgan fingerprint density at radius 3 is 2.67 bits per heavy atom. The van der Waals surface area contributed by atoms with E-state index in [1.165, 1.54) is 49.7 Å².